The maximum absolute atomic E-state index is 10.8. The molecule has 0 fully saturated rings. The fourth-order valence-corrected chi connectivity index (χ4v) is 0.994. The third-order valence-corrected chi connectivity index (χ3v) is 2.14. The molecule has 70 valence electrons. The second kappa shape index (κ2) is 4.05. The van der Waals surface area contributed by atoms with Crippen molar-refractivity contribution in [3.8, 4) is 0 Å². The highest BCUT2D eigenvalue weighted by Crippen LogP contribution is 2.15. The molecule has 0 aliphatic rings. The van der Waals surface area contributed by atoms with E-state index in [1.165, 1.54) is 0 Å². The molecule has 0 radical (unpaired) electrons. The Morgan fingerprint density at radius 3 is 2.33 bits per heavy atom. The van der Waals surface area contributed by atoms with E-state index in [9.17, 15) is 4.79 Å². The summed E-state index contributed by atoms with van der Waals surface area (Å²) in [6.45, 7) is 7.49. The zero-order chi connectivity index (χ0) is 9.94. The summed E-state index contributed by atoms with van der Waals surface area (Å²) >= 11 is 3.19. The number of carboxylic acid groups (broad SMARTS) is 1. The highest BCUT2D eigenvalue weighted by Gasteiger charge is 2.31. The Labute approximate surface area is 81.2 Å². The van der Waals surface area contributed by atoms with Crippen LogP contribution in [0.2, 0.25) is 0 Å². The Balaban J connectivity index is 4.35. The van der Waals surface area contributed by atoms with Crippen LogP contribution in [0.1, 0.15) is 13.8 Å². The minimum atomic E-state index is -0.850. The first-order valence-corrected chi connectivity index (χ1v) is 4.35. The van der Waals surface area contributed by atoms with E-state index in [0.717, 1.165) is 4.48 Å². The third-order valence-electron chi connectivity index (χ3n) is 1.89. The zero-order valence-corrected chi connectivity index (χ0v) is 9.18. The van der Waals surface area contributed by atoms with E-state index in [2.05, 4.69) is 22.5 Å². The summed E-state index contributed by atoms with van der Waals surface area (Å²) in [5.74, 6) is -0.834. The Kier molecular flexibility index (Phi) is 3.93. The number of carbonyl (C=O) groups is 1. The van der Waals surface area contributed by atoms with Crippen LogP contribution in [0.25, 0.3) is 0 Å². The van der Waals surface area contributed by atoms with Gasteiger partial charge in [0.1, 0.15) is 5.54 Å². The smallest absolute Gasteiger partial charge is 0.323 e. The van der Waals surface area contributed by atoms with Crippen LogP contribution < -0.4 is 0 Å². The summed E-state index contributed by atoms with van der Waals surface area (Å²) in [5.41, 5.74) is -0.850. The van der Waals surface area contributed by atoms with E-state index in [1.54, 1.807) is 25.8 Å². The van der Waals surface area contributed by atoms with Gasteiger partial charge in [-0.1, -0.05) is 22.5 Å². The van der Waals surface area contributed by atoms with E-state index in [1.807, 2.05) is 0 Å². The van der Waals surface area contributed by atoms with Crippen LogP contribution in [0.15, 0.2) is 11.1 Å². The number of hydrogen-bond donors (Lipinski definition) is 1. The highest BCUT2D eigenvalue weighted by atomic mass is 79.9. The van der Waals surface area contributed by atoms with Crippen molar-refractivity contribution in [2.75, 3.05) is 13.6 Å². The predicted octanol–water partition coefficient (Wildman–Crippen LogP) is 1.69. The minimum Gasteiger partial charge on any atom is -0.480 e. The molecule has 3 nitrogen and oxygen atoms in total. The maximum Gasteiger partial charge on any atom is 0.323 e. The molecule has 0 aliphatic heterocycles. The predicted molar refractivity (Wildman–Crippen MR) is 52.4 cm³/mol. The first-order chi connectivity index (χ1) is 5.28. The molecular weight excluding hydrogens is 222 g/mol. The van der Waals surface area contributed by atoms with Crippen molar-refractivity contribution in [2.45, 2.75) is 19.4 Å². The molecule has 0 spiro atoms. The average Bonchev–Trinajstić information content (AvgIpc) is 1.85. The van der Waals surface area contributed by atoms with Crippen molar-refractivity contribution >= 4 is 21.9 Å². The van der Waals surface area contributed by atoms with Crippen LogP contribution in [0.4, 0.5) is 0 Å². The molecule has 0 heterocycles. The van der Waals surface area contributed by atoms with Gasteiger partial charge in [-0.05, 0) is 20.9 Å². The lowest BCUT2D eigenvalue weighted by Gasteiger charge is -2.31. The second-order valence-corrected chi connectivity index (χ2v) is 4.36. The first kappa shape index (κ1) is 11.6. The Morgan fingerprint density at radius 1 is 1.67 bits per heavy atom. The van der Waals surface area contributed by atoms with E-state index in [4.69, 9.17) is 5.11 Å². The van der Waals surface area contributed by atoms with Crippen LogP contribution in [-0.4, -0.2) is 35.1 Å². The number of likely N-dealkylation sites (N-methyl/N-ethyl adjacent to an activating group) is 1. The summed E-state index contributed by atoms with van der Waals surface area (Å²) in [5, 5.41) is 8.84. The van der Waals surface area contributed by atoms with E-state index in [0.29, 0.717) is 6.54 Å². The molecule has 0 atom stereocenters. The monoisotopic (exact) mass is 235 g/mol. The molecular formula is C8H14BrNO2. The van der Waals surface area contributed by atoms with Crippen LogP contribution in [-0.2, 0) is 4.79 Å². The van der Waals surface area contributed by atoms with Gasteiger partial charge in [0, 0.05) is 11.0 Å². The van der Waals surface area contributed by atoms with Gasteiger partial charge in [-0.2, -0.15) is 0 Å². The van der Waals surface area contributed by atoms with Crippen molar-refractivity contribution in [2.24, 2.45) is 0 Å². The summed E-state index contributed by atoms with van der Waals surface area (Å²) in [6.07, 6.45) is 0. The summed E-state index contributed by atoms with van der Waals surface area (Å²) in [6, 6.07) is 0. The van der Waals surface area contributed by atoms with Crippen molar-refractivity contribution in [3.63, 3.8) is 0 Å². The minimum absolute atomic E-state index is 0.527. The van der Waals surface area contributed by atoms with Gasteiger partial charge in [-0.15, -0.1) is 0 Å². The standard InChI is InChI=1S/C8H14BrNO2/c1-6(9)5-10(4)8(2,3)7(11)12/h1,5H2,2-4H3,(H,11,12). The number of carboxylic acids is 1. The van der Waals surface area contributed by atoms with Crippen molar-refractivity contribution in [3.05, 3.63) is 11.1 Å². The van der Waals surface area contributed by atoms with Gasteiger partial charge in [-0.3, -0.25) is 9.69 Å². The largest absolute Gasteiger partial charge is 0.480 e. The fourth-order valence-electron chi connectivity index (χ4n) is 0.618. The molecule has 0 aromatic rings. The van der Waals surface area contributed by atoms with Crippen LogP contribution >= 0.6 is 15.9 Å². The molecule has 0 aromatic heterocycles. The van der Waals surface area contributed by atoms with Crippen molar-refractivity contribution in [1.29, 1.82) is 0 Å². The van der Waals surface area contributed by atoms with Gasteiger partial charge < -0.3 is 5.11 Å². The molecule has 0 unspecified atom stereocenters. The van der Waals surface area contributed by atoms with E-state index in [-0.39, 0.29) is 0 Å². The number of halogens is 1. The lowest BCUT2D eigenvalue weighted by atomic mass is 10.0. The normalized spacial score (nSPS) is 11.8. The summed E-state index contributed by atoms with van der Waals surface area (Å²) in [4.78, 5) is 12.5. The van der Waals surface area contributed by atoms with Gasteiger partial charge in [0.25, 0.3) is 0 Å². The van der Waals surface area contributed by atoms with Gasteiger partial charge in [0.15, 0.2) is 0 Å². The Bertz CT molecular complexity index is 201. The van der Waals surface area contributed by atoms with Gasteiger partial charge in [-0.25, -0.2) is 0 Å². The van der Waals surface area contributed by atoms with Crippen molar-refractivity contribution < 1.29 is 9.90 Å². The first-order valence-electron chi connectivity index (χ1n) is 3.56. The molecule has 0 saturated carbocycles. The molecule has 12 heavy (non-hydrogen) atoms. The molecule has 0 amide bonds. The second-order valence-electron chi connectivity index (χ2n) is 3.24. The molecule has 0 saturated heterocycles. The molecule has 0 rings (SSSR count). The summed E-state index contributed by atoms with van der Waals surface area (Å²) in [7, 11) is 1.75. The summed E-state index contributed by atoms with van der Waals surface area (Å²) < 4.78 is 0.777. The quantitative estimate of drug-likeness (QED) is 0.807. The molecule has 0 aliphatic carbocycles. The van der Waals surface area contributed by atoms with Crippen molar-refractivity contribution in [1.82, 2.24) is 4.90 Å². The molecule has 0 bridgehead atoms. The zero-order valence-electron chi connectivity index (χ0n) is 7.59. The molecule has 0 aromatic carbocycles. The van der Waals surface area contributed by atoms with Crippen LogP contribution in [0.3, 0.4) is 0 Å². The number of rotatable bonds is 4. The van der Waals surface area contributed by atoms with Crippen LogP contribution in [0, 0.1) is 0 Å². The maximum atomic E-state index is 10.8. The average molecular weight is 236 g/mol. The lowest BCUT2D eigenvalue weighted by molar-refractivity contribution is -0.148. The van der Waals surface area contributed by atoms with E-state index >= 15 is 0 Å². The topological polar surface area (TPSA) is 40.5 Å². The van der Waals surface area contributed by atoms with Gasteiger partial charge >= 0.3 is 5.97 Å². The number of hydrogen-bond acceptors (Lipinski definition) is 2. The van der Waals surface area contributed by atoms with Gasteiger partial charge in [0.2, 0.25) is 0 Å². The molecule has 1 N–H and O–H groups in total. The molecule has 4 heteroatoms. The van der Waals surface area contributed by atoms with Gasteiger partial charge in [0.05, 0.1) is 0 Å². The highest BCUT2D eigenvalue weighted by molar-refractivity contribution is 9.11. The number of aliphatic carboxylic acids is 1. The third kappa shape index (κ3) is 2.95. The fraction of sp³-hybridized carbons (Fsp3) is 0.625. The van der Waals surface area contributed by atoms with Crippen LogP contribution in [0.5, 0.6) is 0 Å². The number of nitrogens with zero attached hydrogens (tertiary/aromatic N) is 1. The van der Waals surface area contributed by atoms with E-state index < -0.39 is 11.5 Å². The Hall–Kier alpha value is -0.350. The Morgan fingerprint density at radius 2 is 2.08 bits per heavy atom. The SMILES string of the molecule is C=C(Br)CN(C)C(C)(C)C(=O)O. The lowest BCUT2D eigenvalue weighted by Crippen LogP contribution is -2.48.